The Hall–Kier alpha value is -3.10. The minimum absolute atomic E-state index is 0.0249. The normalized spacial score (nSPS) is 11.1. The highest BCUT2D eigenvalue weighted by Gasteiger charge is 2.30. The van der Waals surface area contributed by atoms with Crippen molar-refractivity contribution in [2.75, 3.05) is 14.2 Å². The molecule has 2 rings (SSSR count). The van der Waals surface area contributed by atoms with Gasteiger partial charge in [-0.15, -0.1) is 0 Å². The molecule has 0 unspecified atom stereocenters. The van der Waals surface area contributed by atoms with Crippen LogP contribution in [0, 0.1) is 10.1 Å². The molecule has 26 heavy (non-hydrogen) atoms. The number of amides is 1. The van der Waals surface area contributed by atoms with Crippen LogP contribution in [0.1, 0.15) is 21.5 Å². The first-order chi connectivity index (χ1) is 12.1. The van der Waals surface area contributed by atoms with E-state index in [1.54, 1.807) is 0 Å². The van der Waals surface area contributed by atoms with Crippen molar-refractivity contribution >= 4 is 11.6 Å². The van der Waals surface area contributed by atoms with Crippen molar-refractivity contribution in [3.63, 3.8) is 0 Å². The number of nitro groups is 1. The van der Waals surface area contributed by atoms with Gasteiger partial charge in [0.1, 0.15) is 0 Å². The van der Waals surface area contributed by atoms with Crippen molar-refractivity contribution in [3.8, 4) is 5.75 Å². The number of alkyl halides is 3. The van der Waals surface area contributed by atoms with Crippen LogP contribution in [-0.2, 0) is 12.7 Å². The molecule has 0 saturated carbocycles. The van der Waals surface area contributed by atoms with Crippen LogP contribution in [0.4, 0.5) is 18.9 Å². The summed E-state index contributed by atoms with van der Waals surface area (Å²) < 4.78 is 42.6. The second kappa shape index (κ2) is 7.42. The second-order valence-corrected chi connectivity index (χ2v) is 5.50. The van der Waals surface area contributed by atoms with E-state index in [0.29, 0.717) is 5.56 Å². The maximum absolute atomic E-state index is 12.6. The number of rotatable bonds is 5. The van der Waals surface area contributed by atoms with Crippen LogP contribution in [0.5, 0.6) is 5.75 Å². The molecular weight excluding hydrogens is 353 g/mol. The molecule has 0 aliphatic heterocycles. The van der Waals surface area contributed by atoms with Gasteiger partial charge in [-0.2, -0.15) is 13.2 Å². The summed E-state index contributed by atoms with van der Waals surface area (Å²) in [6, 6.07) is 8.24. The lowest BCUT2D eigenvalue weighted by atomic mass is 10.1. The first-order valence-electron chi connectivity index (χ1n) is 7.37. The standard InChI is InChI=1S/C17H15F3N2O4/c1-21(10-11-3-6-13(7-4-11)17(18,19)20)16(23)12-5-8-15(26-2)14(9-12)22(24)25/h3-9H,10H2,1-2H3. The Morgan fingerprint density at radius 3 is 2.31 bits per heavy atom. The van der Waals surface area contributed by atoms with Gasteiger partial charge in [0.2, 0.25) is 0 Å². The third kappa shape index (κ3) is 4.29. The molecule has 0 aromatic heterocycles. The fourth-order valence-electron chi connectivity index (χ4n) is 2.33. The summed E-state index contributed by atoms with van der Waals surface area (Å²) in [5, 5.41) is 11.0. The van der Waals surface area contributed by atoms with Gasteiger partial charge in [-0.05, 0) is 29.8 Å². The summed E-state index contributed by atoms with van der Waals surface area (Å²) in [4.78, 5) is 24.1. The fourth-order valence-corrected chi connectivity index (χ4v) is 2.33. The van der Waals surface area contributed by atoms with Gasteiger partial charge in [-0.1, -0.05) is 12.1 Å². The van der Waals surface area contributed by atoms with E-state index in [-0.39, 0.29) is 23.5 Å². The molecule has 0 fully saturated rings. The van der Waals surface area contributed by atoms with Crippen molar-refractivity contribution < 1.29 is 27.6 Å². The molecule has 9 heteroatoms. The second-order valence-electron chi connectivity index (χ2n) is 5.50. The third-order valence-electron chi connectivity index (χ3n) is 3.67. The van der Waals surface area contributed by atoms with E-state index >= 15 is 0 Å². The van der Waals surface area contributed by atoms with Crippen molar-refractivity contribution in [1.29, 1.82) is 0 Å². The zero-order valence-corrected chi connectivity index (χ0v) is 13.9. The first kappa shape index (κ1) is 19.2. The van der Waals surface area contributed by atoms with E-state index < -0.39 is 22.6 Å². The minimum atomic E-state index is -4.43. The van der Waals surface area contributed by atoms with Crippen LogP contribution in [-0.4, -0.2) is 29.9 Å². The number of nitro benzene ring substituents is 1. The van der Waals surface area contributed by atoms with Gasteiger partial charge in [0.15, 0.2) is 5.75 Å². The van der Waals surface area contributed by atoms with Gasteiger partial charge in [0.25, 0.3) is 5.91 Å². The summed E-state index contributed by atoms with van der Waals surface area (Å²) in [5.41, 5.74) is -0.550. The summed E-state index contributed by atoms with van der Waals surface area (Å²) in [6.45, 7) is 0.0524. The number of hydrogen-bond donors (Lipinski definition) is 0. The highest BCUT2D eigenvalue weighted by molar-refractivity contribution is 5.95. The first-order valence-corrected chi connectivity index (χ1v) is 7.37. The van der Waals surface area contributed by atoms with Crippen LogP contribution in [0.2, 0.25) is 0 Å². The Labute approximate surface area is 146 Å². The Bertz CT molecular complexity index is 820. The highest BCUT2D eigenvalue weighted by atomic mass is 19.4. The van der Waals surface area contributed by atoms with Crippen LogP contribution in [0.25, 0.3) is 0 Å². The third-order valence-corrected chi connectivity index (χ3v) is 3.67. The number of nitrogens with zero attached hydrogens (tertiary/aromatic N) is 2. The number of carbonyl (C=O) groups excluding carboxylic acids is 1. The topological polar surface area (TPSA) is 72.7 Å². The van der Waals surface area contributed by atoms with Gasteiger partial charge in [0.05, 0.1) is 17.6 Å². The van der Waals surface area contributed by atoms with Crippen molar-refractivity contribution in [2.24, 2.45) is 0 Å². The lowest BCUT2D eigenvalue weighted by Crippen LogP contribution is -2.26. The van der Waals surface area contributed by atoms with Crippen molar-refractivity contribution in [1.82, 2.24) is 4.90 Å². The van der Waals surface area contributed by atoms with Gasteiger partial charge in [0, 0.05) is 25.2 Å². The van der Waals surface area contributed by atoms with E-state index in [1.807, 2.05) is 0 Å². The van der Waals surface area contributed by atoms with Crippen molar-refractivity contribution in [3.05, 3.63) is 69.3 Å². The molecule has 2 aromatic rings. The van der Waals surface area contributed by atoms with E-state index in [1.165, 1.54) is 43.3 Å². The molecule has 0 heterocycles. The van der Waals surface area contributed by atoms with Crippen LogP contribution < -0.4 is 4.74 Å². The Balaban J connectivity index is 2.17. The Kier molecular flexibility index (Phi) is 5.49. The summed E-state index contributed by atoms with van der Waals surface area (Å²) >= 11 is 0. The molecule has 138 valence electrons. The molecular formula is C17H15F3N2O4. The lowest BCUT2D eigenvalue weighted by molar-refractivity contribution is -0.385. The molecule has 2 aromatic carbocycles. The number of ether oxygens (including phenoxy) is 1. The van der Waals surface area contributed by atoms with Crippen molar-refractivity contribution in [2.45, 2.75) is 12.7 Å². The smallest absolute Gasteiger partial charge is 0.416 e. The number of carbonyl (C=O) groups is 1. The predicted molar refractivity (Wildman–Crippen MR) is 86.9 cm³/mol. The zero-order chi connectivity index (χ0) is 19.5. The van der Waals surface area contributed by atoms with E-state index in [4.69, 9.17) is 4.74 Å². The van der Waals surface area contributed by atoms with Crippen LogP contribution in [0.15, 0.2) is 42.5 Å². The van der Waals surface area contributed by atoms with E-state index in [2.05, 4.69) is 0 Å². The maximum Gasteiger partial charge on any atom is 0.416 e. The zero-order valence-electron chi connectivity index (χ0n) is 13.9. The van der Waals surface area contributed by atoms with Crippen LogP contribution in [0.3, 0.4) is 0 Å². The van der Waals surface area contributed by atoms with Crippen LogP contribution >= 0.6 is 0 Å². The number of hydrogen-bond acceptors (Lipinski definition) is 4. The average Bonchev–Trinajstić information content (AvgIpc) is 2.60. The summed E-state index contributed by atoms with van der Waals surface area (Å²) in [6.07, 6.45) is -4.43. The molecule has 0 bridgehead atoms. The number of methoxy groups -OCH3 is 1. The molecule has 1 amide bonds. The molecule has 0 atom stereocenters. The van der Waals surface area contributed by atoms with E-state index in [9.17, 15) is 28.1 Å². The maximum atomic E-state index is 12.6. The number of benzene rings is 2. The monoisotopic (exact) mass is 368 g/mol. The summed E-state index contributed by atoms with van der Waals surface area (Å²) in [5.74, 6) is -0.479. The molecule has 0 spiro atoms. The molecule has 0 saturated heterocycles. The fraction of sp³-hybridized carbons (Fsp3) is 0.235. The largest absolute Gasteiger partial charge is 0.490 e. The SMILES string of the molecule is COc1ccc(C(=O)N(C)Cc2ccc(C(F)(F)F)cc2)cc1[N+](=O)[O-]. The molecule has 6 nitrogen and oxygen atoms in total. The number of halogens is 3. The lowest BCUT2D eigenvalue weighted by Gasteiger charge is -2.18. The average molecular weight is 368 g/mol. The molecule has 0 N–H and O–H groups in total. The van der Waals surface area contributed by atoms with E-state index in [0.717, 1.165) is 18.2 Å². The highest BCUT2D eigenvalue weighted by Crippen LogP contribution is 2.30. The van der Waals surface area contributed by atoms with Gasteiger partial charge in [-0.25, -0.2) is 0 Å². The van der Waals surface area contributed by atoms with Gasteiger partial charge < -0.3 is 9.64 Å². The predicted octanol–water partition coefficient (Wildman–Crippen LogP) is 3.89. The molecule has 0 radical (unpaired) electrons. The quantitative estimate of drug-likeness (QED) is 0.593. The Morgan fingerprint density at radius 1 is 1.19 bits per heavy atom. The molecule has 0 aliphatic rings. The Morgan fingerprint density at radius 2 is 1.81 bits per heavy atom. The summed E-state index contributed by atoms with van der Waals surface area (Å²) in [7, 11) is 2.73. The van der Waals surface area contributed by atoms with Gasteiger partial charge in [-0.3, -0.25) is 14.9 Å². The molecule has 0 aliphatic carbocycles. The van der Waals surface area contributed by atoms with Gasteiger partial charge >= 0.3 is 11.9 Å². The minimum Gasteiger partial charge on any atom is -0.490 e.